The monoisotopic (exact) mass is 188 g/mol. The molecule has 0 radical (unpaired) electrons. The van der Waals surface area contributed by atoms with Gasteiger partial charge in [0.05, 0.1) is 13.2 Å². The van der Waals surface area contributed by atoms with Crippen molar-refractivity contribution >= 4 is 13.3 Å². The van der Waals surface area contributed by atoms with Gasteiger partial charge in [0.1, 0.15) is 0 Å². The van der Waals surface area contributed by atoms with Crippen molar-refractivity contribution in [1.82, 2.24) is 0 Å². The first-order chi connectivity index (χ1) is 5.04. The van der Waals surface area contributed by atoms with E-state index in [0.717, 1.165) is 0 Å². The van der Waals surface area contributed by atoms with Crippen molar-refractivity contribution in [1.29, 1.82) is 0 Å². The molecule has 0 saturated carbocycles. The molecule has 0 aromatic rings. The molecule has 1 unspecified atom stereocenters. The van der Waals surface area contributed by atoms with Crippen LogP contribution in [0.4, 0.5) is 4.79 Å². The number of hydrogen-bond donors (Lipinski definition) is 0. The van der Waals surface area contributed by atoms with Gasteiger partial charge in [-0.25, -0.2) is 4.79 Å². The van der Waals surface area contributed by atoms with E-state index >= 15 is 0 Å². The molecular formula is C5H10LiO5P. The normalized spacial score (nSPS) is 14.2. The molecule has 0 fully saturated rings. The van der Waals surface area contributed by atoms with Crippen LogP contribution < -0.4 is 23.8 Å². The molecule has 0 N–H and O–H groups in total. The van der Waals surface area contributed by atoms with Gasteiger partial charge in [0.15, 0.2) is 0 Å². The predicted molar refractivity (Wildman–Crippen MR) is 36.3 cm³/mol. The van der Waals surface area contributed by atoms with Gasteiger partial charge >= 0.3 is 24.6 Å². The van der Waals surface area contributed by atoms with E-state index in [9.17, 15) is 14.3 Å². The summed E-state index contributed by atoms with van der Waals surface area (Å²) in [4.78, 5) is 21.2. The first-order valence-corrected chi connectivity index (χ1v) is 4.71. The van der Waals surface area contributed by atoms with Gasteiger partial charge in [-0.1, -0.05) is 0 Å². The Balaban J connectivity index is 0. The molecule has 0 rings (SSSR count). The van der Waals surface area contributed by atoms with Crippen molar-refractivity contribution in [3.8, 4) is 0 Å². The van der Waals surface area contributed by atoms with E-state index in [2.05, 4.69) is 9.26 Å². The van der Waals surface area contributed by atoms with Crippen molar-refractivity contribution in [3.63, 3.8) is 0 Å². The van der Waals surface area contributed by atoms with Gasteiger partial charge in [0.2, 0.25) is 7.60 Å². The third-order valence-corrected chi connectivity index (χ3v) is 1.96. The molecule has 0 aromatic heterocycles. The summed E-state index contributed by atoms with van der Waals surface area (Å²) in [7, 11) is -4.41. The SMILES string of the molecule is CCOC(=O)P(=O)([O-])OCC.[Li+]. The molecule has 5 nitrogen and oxygen atoms in total. The quantitative estimate of drug-likeness (QED) is 0.367. The second-order valence-corrected chi connectivity index (χ2v) is 3.23. The zero-order valence-corrected chi connectivity index (χ0v) is 8.30. The summed E-state index contributed by atoms with van der Waals surface area (Å²) in [6.45, 7) is 2.96. The number of hydrogen-bond acceptors (Lipinski definition) is 5. The van der Waals surface area contributed by atoms with E-state index in [1.54, 1.807) is 0 Å². The van der Waals surface area contributed by atoms with Crippen LogP contribution in [0.3, 0.4) is 0 Å². The first kappa shape index (κ1) is 14.7. The summed E-state index contributed by atoms with van der Waals surface area (Å²) in [5, 5.41) is 0. The number of carbonyl (C=O) groups excluding carboxylic acids is 1. The second kappa shape index (κ2) is 6.70. The van der Waals surface area contributed by atoms with Crippen LogP contribution in [0.25, 0.3) is 0 Å². The molecule has 0 spiro atoms. The molecular weight excluding hydrogens is 178 g/mol. The van der Waals surface area contributed by atoms with E-state index < -0.39 is 13.3 Å². The van der Waals surface area contributed by atoms with Crippen LogP contribution in [0.15, 0.2) is 0 Å². The smallest absolute Gasteiger partial charge is 0.770 e. The van der Waals surface area contributed by atoms with Gasteiger partial charge in [0.25, 0.3) is 0 Å². The maximum absolute atomic E-state index is 10.7. The van der Waals surface area contributed by atoms with E-state index in [0.29, 0.717) is 0 Å². The largest absolute Gasteiger partial charge is 1.00 e. The number of carbonyl (C=O) groups is 1. The molecule has 1 atom stereocenters. The van der Waals surface area contributed by atoms with Crippen molar-refractivity contribution < 1.29 is 42.4 Å². The van der Waals surface area contributed by atoms with E-state index in [4.69, 9.17) is 0 Å². The van der Waals surface area contributed by atoms with E-state index in [1.165, 1.54) is 13.8 Å². The Bertz CT molecular complexity index is 183. The molecule has 66 valence electrons. The summed E-state index contributed by atoms with van der Waals surface area (Å²) >= 11 is 0. The predicted octanol–water partition coefficient (Wildman–Crippen LogP) is -2.26. The topological polar surface area (TPSA) is 75.7 Å². The third-order valence-electron chi connectivity index (χ3n) is 0.790. The minimum atomic E-state index is -4.41. The fourth-order valence-electron chi connectivity index (χ4n) is 0.425. The standard InChI is InChI=1S/C5H11O5P.Li/c1-3-9-5(6)11(7,8)10-4-2;/h3-4H2,1-2H3,(H,7,8);/q;+1/p-1. The molecule has 0 heterocycles. The summed E-state index contributed by atoms with van der Waals surface area (Å²) in [6, 6.07) is 0. The summed E-state index contributed by atoms with van der Waals surface area (Å²) in [5.41, 5.74) is -1.30. The maximum atomic E-state index is 10.7. The molecule has 0 aliphatic heterocycles. The number of ether oxygens (including phenoxy) is 1. The zero-order valence-electron chi connectivity index (χ0n) is 7.40. The van der Waals surface area contributed by atoms with Gasteiger partial charge in [-0.3, -0.25) is 4.57 Å². The Hall–Kier alpha value is 0.217. The molecule has 0 aliphatic carbocycles. The first-order valence-electron chi connectivity index (χ1n) is 3.17. The van der Waals surface area contributed by atoms with Gasteiger partial charge in [0, 0.05) is 0 Å². The van der Waals surface area contributed by atoms with Crippen molar-refractivity contribution in [2.75, 3.05) is 13.2 Å². The zero-order chi connectivity index (χ0) is 8.91. The van der Waals surface area contributed by atoms with Crippen LogP contribution in [0.5, 0.6) is 0 Å². The Morgan fingerprint density at radius 1 is 1.42 bits per heavy atom. The Morgan fingerprint density at radius 2 is 1.92 bits per heavy atom. The average Bonchev–Trinajstić information content (AvgIpc) is 1.88. The average molecular weight is 188 g/mol. The van der Waals surface area contributed by atoms with Crippen LogP contribution in [-0.2, 0) is 13.8 Å². The van der Waals surface area contributed by atoms with Gasteiger partial charge in [-0.2, -0.15) is 0 Å². The van der Waals surface area contributed by atoms with Crippen molar-refractivity contribution in [3.05, 3.63) is 0 Å². The summed E-state index contributed by atoms with van der Waals surface area (Å²) < 4.78 is 19.0. The second-order valence-electron chi connectivity index (χ2n) is 1.61. The maximum Gasteiger partial charge on any atom is 1.00 e. The molecule has 12 heavy (non-hydrogen) atoms. The molecule has 0 aliphatic rings. The summed E-state index contributed by atoms with van der Waals surface area (Å²) in [6.07, 6.45) is 0. The fraction of sp³-hybridized carbons (Fsp3) is 0.800. The van der Waals surface area contributed by atoms with E-state index in [-0.39, 0.29) is 32.1 Å². The molecule has 7 heteroatoms. The van der Waals surface area contributed by atoms with E-state index in [1.807, 2.05) is 0 Å². The van der Waals surface area contributed by atoms with Crippen molar-refractivity contribution in [2.24, 2.45) is 0 Å². The van der Waals surface area contributed by atoms with Crippen LogP contribution in [-0.4, -0.2) is 18.9 Å². The third kappa shape index (κ3) is 4.97. The molecule has 0 saturated heterocycles. The van der Waals surface area contributed by atoms with Crippen LogP contribution >= 0.6 is 7.60 Å². The Kier molecular flexibility index (Phi) is 8.23. The Labute approximate surface area is 83.1 Å². The van der Waals surface area contributed by atoms with Gasteiger partial charge in [-0.05, 0) is 13.8 Å². The minimum Gasteiger partial charge on any atom is -0.770 e. The fourth-order valence-corrected chi connectivity index (χ4v) is 1.16. The minimum absolute atomic E-state index is 0. The molecule has 0 amide bonds. The molecule has 0 bridgehead atoms. The van der Waals surface area contributed by atoms with Crippen molar-refractivity contribution in [2.45, 2.75) is 13.8 Å². The van der Waals surface area contributed by atoms with Crippen LogP contribution in [0.1, 0.15) is 13.8 Å². The molecule has 0 aromatic carbocycles. The number of rotatable bonds is 4. The van der Waals surface area contributed by atoms with Crippen LogP contribution in [0.2, 0.25) is 0 Å². The van der Waals surface area contributed by atoms with Crippen LogP contribution in [0, 0.1) is 0 Å². The Morgan fingerprint density at radius 3 is 2.25 bits per heavy atom. The summed E-state index contributed by atoms with van der Waals surface area (Å²) in [5.74, 6) is 0. The van der Waals surface area contributed by atoms with Gasteiger partial charge in [-0.15, -0.1) is 0 Å². The van der Waals surface area contributed by atoms with Gasteiger partial charge < -0.3 is 14.2 Å².